The molecule has 1 rings (SSSR count). The second-order valence-corrected chi connectivity index (χ2v) is 21.7. The van der Waals surface area contributed by atoms with Gasteiger partial charge in [0.2, 0.25) is 0 Å². The first-order valence-electron chi connectivity index (χ1n) is 12.2. The number of methoxy groups -OCH3 is 1. The lowest BCUT2D eigenvalue weighted by molar-refractivity contribution is 0.0182. The van der Waals surface area contributed by atoms with Crippen LogP contribution in [0.15, 0.2) is 36.4 Å². The van der Waals surface area contributed by atoms with E-state index in [0.29, 0.717) is 19.8 Å². The molecule has 0 spiro atoms. The second-order valence-electron chi connectivity index (χ2n) is 12.1. The lowest BCUT2D eigenvalue weighted by Crippen LogP contribution is -2.46. The summed E-state index contributed by atoms with van der Waals surface area (Å²) in [6.07, 6.45) is 4.41. The summed E-state index contributed by atoms with van der Waals surface area (Å²) in [7, 11) is -1.99. The largest absolute Gasteiger partial charge is 0.497 e. The Kier molecular flexibility index (Phi) is 11.1. The molecule has 33 heavy (non-hydrogen) atoms. The molecule has 4 nitrogen and oxygen atoms in total. The highest BCUT2D eigenvalue weighted by Crippen LogP contribution is 2.38. The fourth-order valence-corrected chi connectivity index (χ4v) is 5.07. The highest BCUT2D eigenvalue weighted by molar-refractivity contribution is 6.74. The third kappa shape index (κ3) is 9.69. The number of hydrogen-bond donors (Lipinski definition) is 0. The number of benzene rings is 1. The first kappa shape index (κ1) is 30.1. The molecule has 0 radical (unpaired) electrons. The number of hydrogen-bond acceptors (Lipinski definition) is 4. The average molecular weight is 495 g/mol. The maximum atomic E-state index is 6.80. The minimum absolute atomic E-state index is 0.00765. The molecule has 0 bridgehead atoms. The molecule has 0 N–H and O–H groups in total. The molecular formula is C27H50O4Si2. The van der Waals surface area contributed by atoms with Crippen molar-refractivity contribution in [1.82, 2.24) is 0 Å². The summed E-state index contributed by atoms with van der Waals surface area (Å²) in [5, 5.41) is 0.367. The van der Waals surface area contributed by atoms with Gasteiger partial charge in [0, 0.05) is 5.92 Å². The minimum atomic E-state index is -1.93. The van der Waals surface area contributed by atoms with E-state index in [9.17, 15) is 0 Å². The van der Waals surface area contributed by atoms with Crippen LogP contribution in [0.1, 0.15) is 54.0 Å². The molecule has 0 amide bonds. The van der Waals surface area contributed by atoms with Crippen molar-refractivity contribution in [3.8, 4) is 5.75 Å². The van der Waals surface area contributed by atoms with Crippen LogP contribution in [0.25, 0.3) is 0 Å². The van der Waals surface area contributed by atoms with Crippen LogP contribution in [0.5, 0.6) is 5.75 Å². The van der Waals surface area contributed by atoms with E-state index in [0.717, 1.165) is 11.3 Å². The van der Waals surface area contributed by atoms with E-state index in [1.807, 2.05) is 24.3 Å². The van der Waals surface area contributed by atoms with Crippen LogP contribution < -0.4 is 4.74 Å². The molecule has 1 aromatic carbocycles. The first-order valence-corrected chi connectivity index (χ1v) is 18.0. The number of rotatable bonds is 12. The van der Waals surface area contributed by atoms with Gasteiger partial charge in [-0.15, -0.1) is 0 Å². The maximum Gasteiger partial charge on any atom is 0.192 e. The van der Waals surface area contributed by atoms with Crippen LogP contribution in [-0.4, -0.2) is 43.1 Å². The zero-order chi connectivity index (χ0) is 25.5. The van der Waals surface area contributed by atoms with Gasteiger partial charge in [-0.05, 0) is 54.0 Å². The van der Waals surface area contributed by atoms with Crippen molar-refractivity contribution in [2.75, 3.05) is 20.3 Å². The molecule has 0 unspecified atom stereocenters. The Morgan fingerprint density at radius 3 is 1.91 bits per heavy atom. The van der Waals surface area contributed by atoms with Crippen LogP contribution in [0.2, 0.25) is 36.3 Å². The van der Waals surface area contributed by atoms with Crippen LogP contribution in [0.3, 0.4) is 0 Å². The van der Waals surface area contributed by atoms with Gasteiger partial charge in [0.15, 0.2) is 16.6 Å². The van der Waals surface area contributed by atoms with E-state index in [-0.39, 0.29) is 22.1 Å². The Balaban J connectivity index is 2.81. The van der Waals surface area contributed by atoms with Gasteiger partial charge in [-0.2, -0.15) is 0 Å². The van der Waals surface area contributed by atoms with Crippen LogP contribution in [0, 0.1) is 5.92 Å². The van der Waals surface area contributed by atoms with Crippen LogP contribution >= 0.6 is 0 Å². The number of ether oxygens (including phenoxy) is 2. The monoisotopic (exact) mass is 494 g/mol. The summed E-state index contributed by atoms with van der Waals surface area (Å²) < 4.78 is 24.5. The Morgan fingerprint density at radius 2 is 1.42 bits per heavy atom. The smallest absolute Gasteiger partial charge is 0.192 e. The summed E-state index contributed by atoms with van der Waals surface area (Å²) in [4.78, 5) is 0. The molecule has 0 saturated carbocycles. The predicted octanol–water partition coefficient (Wildman–Crippen LogP) is 7.82. The Bertz CT molecular complexity index is 728. The first-order chi connectivity index (χ1) is 15.0. The van der Waals surface area contributed by atoms with Gasteiger partial charge < -0.3 is 18.3 Å². The molecule has 0 saturated heterocycles. The fraction of sp³-hybridized carbons (Fsp3) is 0.704. The van der Waals surface area contributed by atoms with Crippen molar-refractivity contribution in [1.29, 1.82) is 0 Å². The second kappa shape index (κ2) is 12.2. The SMILES string of the molecule is COc1ccc(COC[C@H](O[Si](C)(C)C(C)(C)C)[C@@H](C)/C=C\CO[Si](C)(C)C(C)(C)C)cc1. The van der Waals surface area contributed by atoms with E-state index < -0.39 is 16.6 Å². The summed E-state index contributed by atoms with van der Waals surface area (Å²) in [5.41, 5.74) is 1.13. The van der Waals surface area contributed by atoms with Gasteiger partial charge in [-0.3, -0.25) is 0 Å². The molecule has 6 heteroatoms. The predicted molar refractivity (Wildman–Crippen MR) is 146 cm³/mol. The third-order valence-corrected chi connectivity index (χ3v) is 16.3. The van der Waals surface area contributed by atoms with Crippen molar-refractivity contribution in [3.05, 3.63) is 42.0 Å². The Hall–Kier alpha value is -0.926. The molecular weight excluding hydrogens is 444 g/mol. The van der Waals surface area contributed by atoms with Gasteiger partial charge in [-0.25, -0.2) is 0 Å². The van der Waals surface area contributed by atoms with E-state index in [4.69, 9.17) is 18.3 Å². The van der Waals surface area contributed by atoms with Gasteiger partial charge in [-0.1, -0.05) is 72.8 Å². The quantitative estimate of drug-likeness (QED) is 0.219. The highest BCUT2D eigenvalue weighted by atomic mass is 28.4. The zero-order valence-electron chi connectivity index (χ0n) is 23.4. The van der Waals surface area contributed by atoms with Gasteiger partial charge in [0.1, 0.15) is 5.75 Å². The van der Waals surface area contributed by atoms with Crippen molar-refractivity contribution < 1.29 is 18.3 Å². The fourth-order valence-electron chi connectivity index (χ4n) is 2.73. The lowest BCUT2D eigenvalue weighted by atomic mass is 10.1. The standard InChI is InChI=1S/C27H50O4Si2/c1-22(14-13-19-30-32(9,10)26(2,3)4)25(31-33(11,12)27(5,6)7)21-29-20-23-15-17-24(28-8)18-16-23/h13-18,22,25H,19-21H2,1-12H3/b14-13-/t22-,25-/m0/s1. The average Bonchev–Trinajstić information content (AvgIpc) is 2.69. The molecule has 1 aromatic rings. The van der Waals surface area contributed by atoms with Gasteiger partial charge >= 0.3 is 0 Å². The van der Waals surface area contributed by atoms with E-state index in [1.54, 1.807) is 7.11 Å². The molecule has 0 aliphatic carbocycles. The molecule has 0 aliphatic heterocycles. The molecule has 0 fully saturated rings. The van der Waals surface area contributed by atoms with Crippen LogP contribution in [-0.2, 0) is 20.2 Å². The van der Waals surface area contributed by atoms with E-state index in [1.165, 1.54) is 0 Å². The lowest BCUT2D eigenvalue weighted by Gasteiger charge is -2.40. The topological polar surface area (TPSA) is 36.9 Å². The molecule has 0 aliphatic rings. The zero-order valence-corrected chi connectivity index (χ0v) is 25.4. The summed E-state index contributed by atoms with van der Waals surface area (Å²) in [6, 6.07) is 8.03. The van der Waals surface area contributed by atoms with Gasteiger partial charge in [0.05, 0.1) is 33.0 Å². The van der Waals surface area contributed by atoms with Crippen molar-refractivity contribution in [3.63, 3.8) is 0 Å². The summed E-state index contributed by atoms with van der Waals surface area (Å²) in [5.74, 6) is 1.09. The molecule has 0 heterocycles. The van der Waals surface area contributed by atoms with E-state index >= 15 is 0 Å². The van der Waals surface area contributed by atoms with Crippen molar-refractivity contribution in [2.45, 2.75) is 97.4 Å². The normalized spacial score (nSPS) is 15.6. The Morgan fingerprint density at radius 1 is 0.879 bits per heavy atom. The summed E-state index contributed by atoms with van der Waals surface area (Å²) >= 11 is 0. The van der Waals surface area contributed by atoms with Crippen molar-refractivity contribution in [2.24, 2.45) is 5.92 Å². The maximum absolute atomic E-state index is 6.80. The minimum Gasteiger partial charge on any atom is -0.497 e. The van der Waals surface area contributed by atoms with E-state index in [2.05, 4.69) is 86.8 Å². The van der Waals surface area contributed by atoms with Gasteiger partial charge in [0.25, 0.3) is 0 Å². The molecule has 2 atom stereocenters. The van der Waals surface area contributed by atoms with Crippen LogP contribution in [0.4, 0.5) is 0 Å². The van der Waals surface area contributed by atoms with Crippen molar-refractivity contribution >= 4 is 16.6 Å². The molecule has 190 valence electrons. The third-order valence-electron chi connectivity index (χ3n) is 7.33. The highest BCUT2D eigenvalue weighted by Gasteiger charge is 2.40. The Labute approximate surface area is 206 Å². The molecule has 0 aromatic heterocycles. The summed E-state index contributed by atoms with van der Waals surface area (Å²) in [6.45, 7) is 26.9.